The van der Waals surface area contributed by atoms with Gasteiger partial charge in [-0.1, -0.05) is 0 Å². The molecule has 24 heavy (non-hydrogen) atoms. The minimum atomic E-state index is -0.969. The molecule has 0 atom stereocenters. The molecule has 0 saturated carbocycles. The van der Waals surface area contributed by atoms with Crippen LogP contribution in [0.5, 0.6) is 0 Å². The molecule has 0 aliphatic carbocycles. The number of H-pyrrole nitrogens is 1. The Balaban J connectivity index is 2.04. The third kappa shape index (κ3) is 2.24. The Morgan fingerprint density at radius 2 is 1.96 bits per heavy atom. The van der Waals surface area contributed by atoms with E-state index < -0.39 is 11.6 Å². The lowest BCUT2D eigenvalue weighted by atomic mass is 10.0. The Morgan fingerprint density at radius 3 is 2.71 bits per heavy atom. The fourth-order valence-electron chi connectivity index (χ4n) is 2.48. The zero-order valence-electron chi connectivity index (χ0n) is 12.1. The second-order valence-corrected chi connectivity index (χ2v) is 5.07. The Labute approximate surface area is 133 Å². The van der Waals surface area contributed by atoms with Crippen molar-refractivity contribution in [1.82, 2.24) is 24.8 Å². The SMILES string of the molecule is O=c1ccc(-c2c(-c3ccc(F)c(F)c3)nn3ccncc23)n[nH]1. The minimum Gasteiger partial charge on any atom is -0.268 e. The molecule has 0 spiro atoms. The van der Waals surface area contributed by atoms with E-state index in [9.17, 15) is 13.6 Å². The topological polar surface area (TPSA) is 75.9 Å². The van der Waals surface area contributed by atoms with Crippen LogP contribution in [0.4, 0.5) is 8.78 Å². The van der Waals surface area contributed by atoms with Crippen LogP contribution in [0.3, 0.4) is 0 Å². The molecule has 0 unspecified atom stereocenters. The molecule has 1 aromatic carbocycles. The fourth-order valence-corrected chi connectivity index (χ4v) is 2.48. The van der Waals surface area contributed by atoms with Crippen molar-refractivity contribution in [2.24, 2.45) is 0 Å². The third-order valence-electron chi connectivity index (χ3n) is 3.57. The van der Waals surface area contributed by atoms with Crippen molar-refractivity contribution >= 4 is 5.52 Å². The van der Waals surface area contributed by atoms with E-state index in [0.29, 0.717) is 28.0 Å². The maximum absolute atomic E-state index is 13.6. The molecule has 4 rings (SSSR count). The molecule has 0 bridgehead atoms. The van der Waals surface area contributed by atoms with Crippen LogP contribution >= 0.6 is 0 Å². The largest absolute Gasteiger partial charge is 0.268 e. The second kappa shape index (κ2) is 5.34. The number of rotatable bonds is 2. The van der Waals surface area contributed by atoms with Crippen molar-refractivity contribution in [2.75, 3.05) is 0 Å². The van der Waals surface area contributed by atoms with Crippen LogP contribution in [0.25, 0.3) is 28.0 Å². The highest BCUT2D eigenvalue weighted by atomic mass is 19.2. The first-order valence-corrected chi connectivity index (χ1v) is 6.97. The highest BCUT2D eigenvalue weighted by Crippen LogP contribution is 2.33. The summed E-state index contributed by atoms with van der Waals surface area (Å²) in [5, 5.41) is 10.8. The highest BCUT2D eigenvalue weighted by molar-refractivity contribution is 5.90. The fraction of sp³-hybridized carbons (Fsp3) is 0. The summed E-state index contributed by atoms with van der Waals surface area (Å²) in [5.74, 6) is -1.91. The molecule has 3 aromatic heterocycles. The van der Waals surface area contributed by atoms with Gasteiger partial charge >= 0.3 is 0 Å². The number of aromatic nitrogens is 5. The van der Waals surface area contributed by atoms with Crippen molar-refractivity contribution < 1.29 is 8.78 Å². The number of halogens is 2. The lowest BCUT2D eigenvalue weighted by Crippen LogP contribution is -2.05. The average molecular weight is 325 g/mol. The van der Waals surface area contributed by atoms with Gasteiger partial charge in [-0.25, -0.2) is 18.4 Å². The third-order valence-corrected chi connectivity index (χ3v) is 3.57. The quantitative estimate of drug-likeness (QED) is 0.614. The molecule has 0 radical (unpaired) electrons. The molecular weight excluding hydrogens is 316 g/mol. The number of fused-ring (bicyclic) bond motifs is 1. The summed E-state index contributed by atoms with van der Waals surface area (Å²) in [6.07, 6.45) is 4.77. The predicted molar refractivity (Wildman–Crippen MR) is 82.2 cm³/mol. The van der Waals surface area contributed by atoms with E-state index in [0.717, 1.165) is 12.1 Å². The highest BCUT2D eigenvalue weighted by Gasteiger charge is 2.19. The Morgan fingerprint density at radius 1 is 1.08 bits per heavy atom. The first-order valence-electron chi connectivity index (χ1n) is 6.97. The van der Waals surface area contributed by atoms with Crippen molar-refractivity contribution in [1.29, 1.82) is 0 Å². The average Bonchev–Trinajstić information content (AvgIpc) is 2.97. The lowest BCUT2D eigenvalue weighted by molar-refractivity contribution is 0.509. The molecule has 4 aromatic rings. The maximum Gasteiger partial charge on any atom is 0.264 e. The molecule has 3 heterocycles. The number of hydrogen-bond donors (Lipinski definition) is 1. The van der Waals surface area contributed by atoms with E-state index in [1.165, 1.54) is 18.2 Å². The van der Waals surface area contributed by atoms with E-state index in [1.807, 2.05) is 0 Å². The first-order chi connectivity index (χ1) is 11.6. The molecule has 0 aliphatic rings. The molecule has 1 N–H and O–H groups in total. The van der Waals surface area contributed by atoms with Crippen LogP contribution in [0.1, 0.15) is 0 Å². The standard InChI is InChI=1S/C16H9F2N5O/c17-10-2-1-9(7-11(10)18)16-15(12-3-4-14(24)21-20-12)13-8-19-5-6-23(13)22-16/h1-8H,(H,21,24). The van der Waals surface area contributed by atoms with Crippen LogP contribution in [-0.4, -0.2) is 24.8 Å². The van der Waals surface area contributed by atoms with Gasteiger partial charge in [0, 0.05) is 24.0 Å². The monoisotopic (exact) mass is 325 g/mol. The molecular formula is C16H9F2N5O. The van der Waals surface area contributed by atoms with Gasteiger partial charge in [0.05, 0.1) is 23.0 Å². The normalized spacial score (nSPS) is 11.1. The zero-order valence-corrected chi connectivity index (χ0v) is 12.1. The van der Waals surface area contributed by atoms with Gasteiger partial charge in [0.15, 0.2) is 11.6 Å². The Hall–Kier alpha value is -3.42. The summed E-state index contributed by atoms with van der Waals surface area (Å²) in [4.78, 5) is 15.3. The van der Waals surface area contributed by atoms with Crippen LogP contribution < -0.4 is 5.56 Å². The first kappa shape index (κ1) is 14.2. The van der Waals surface area contributed by atoms with Gasteiger partial charge in [-0.05, 0) is 24.3 Å². The van der Waals surface area contributed by atoms with Crippen LogP contribution in [0, 0.1) is 11.6 Å². The van der Waals surface area contributed by atoms with Gasteiger partial charge in [-0.3, -0.25) is 9.78 Å². The van der Waals surface area contributed by atoms with Gasteiger partial charge in [0.25, 0.3) is 5.56 Å². The van der Waals surface area contributed by atoms with E-state index >= 15 is 0 Å². The van der Waals surface area contributed by atoms with Crippen LogP contribution in [0.15, 0.2) is 53.7 Å². The van der Waals surface area contributed by atoms with Crippen molar-refractivity contribution in [3.05, 3.63) is 70.9 Å². The number of hydrogen-bond acceptors (Lipinski definition) is 4. The zero-order chi connectivity index (χ0) is 16.7. The summed E-state index contributed by atoms with van der Waals surface area (Å²) in [6.45, 7) is 0. The lowest BCUT2D eigenvalue weighted by Gasteiger charge is -2.03. The van der Waals surface area contributed by atoms with E-state index in [1.54, 1.807) is 23.1 Å². The summed E-state index contributed by atoms with van der Waals surface area (Å²) >= 11 is 0. The molecule has 6 nitrogen and oxygen atoms in total. The minimum absolute atomic E-state index is 0.345. The maximum atomic E-state index is 13.6. The Kier molecular flexibility index (Phi) is 3.16. The van der Waals surface area contributed by atoms with Gasteiger partial charge in [-0.2, -0.15) is 10.2 Å². The molecule has 0 saturated heterocycles. The van der Waals surface area contributed by atoms with Gasteiger partial charge < -0.3 is 0 Å². The molecule has 0 amide bonds. The summed E-state index contributed by atoms with van der Waals surface area (Å²) in [5.41, 5.74) is 2.07. The van der Waals surface area contributed by atoms with Gasteiger partial charge in [-0.15, -0.1) is 0 Å². The Bertz CT molecular complexity index is 1100. The molecule has 0 fully saturated rings. The van der Waals surface area contributed by atoms with Crippen LogP contribution in [-0.2, 0) is 0 Å². The van der Waals surface area contributed by atoms with Crippen LogP contribution in [0.2, 0.25) is 0 Å². The van der Waals surface area contributed by atoms with E-state index in [2.05, 4.69) is 20.3 Å². The number of benzene rings is 1. The summed E-state index contributed by atoms with van der Waals surface area (Å²) in [7, 11) is 0. The summed E-state index contributed by atoms with van der Waals surface area (Å²) < 4.78 is 28.4. The molecule has 8 heteroatoms. The van der Waals surface area contributed by atoms with Crippen molar-refractivity contribution in [2.45, 2.75) is 0 Å². The molecule has 118 valence electrons. The van der Waals surface area contributed by atoms with E-state index in [4.69, 9.17) is 0 Å². The smallest absolute Gasteiger partial charge is 0.264 e. The van der Waals surface area contributed by atoms with E-state index in [-0.39, 0.29) is 5.56 Å². The van der Waals surface area contributed by atoms with Crippen molar-refractivity contribution in [3.63, 3.8) is 0 Å². The molecule has 0 aliphatic heterocycles. The summed E-state index contributed by atoms with van der Waals surface area (Å²) in [6, 6.07) is 6.41. The van der Waals surface area contributed by atoms with Crippen molar-refractivity contribution in [3.8, 4) is 22.5 Å². The number of aromatic amines is 1. The van der Waals surface area contributed by atoms with Gasteiger partial charge in [0.2, 0.25) is 0 Å². The number of nitrogens with zero attached hydrogens (tertiary/aromatic N) is 4. The second-order valence-electron chi connectivity index (χ2n) is 5.07. The predicted octanol–water partition coefficient (Wildman–Crippen LogP) is 2.42. The van der Waals surface area contributed by atoms with Gasteiger partial charge in [0.1, 0.15) is 5.69 Å². The number of nitrogens with one attached hydrogen (secondary N) is 1.